The fourth-order valence-electron chi connectivity index (χ4n) is 1.66. The van der Waals surface area contributed by atoms with Crippen LogP contribution in [0.1, 0.15) is 11.4 Å². The van der Waals surface area contributed by atoms with E-state index in [1.807, 2.05) is 24.3 Å². The standard InChI is InChI=1S/C12H13N3O2/c13-10-4-2-1-3-9(10)7-11-14-5-6-15(11)8-12(16)17/h1-6H,7-8,13H2,(H,16,17). The zero-order valence-corrected chi connectivity index (χ0v) is 9.21. The molecule has 1 aromatic heterocycles. The molecule has 0 aliphatic carbocycles. The minimum Gasteiger partial charge on any atom is -0.480 e. The van der Waals surface area contributed by atoms with Crippen molar-refractivity contribution in [3.63, 3.8) is 0 Å². The number of hydrogen-bond donors (Lipinski definition) is 2. The van der Waals surface area contributed by atoms with Gasteiger partial charge < -0.3 is 15.4 Å². The Balaban J connectivity index is 2.22. The van der Waals surface area contributed by atoms with Crippen LogP contribution in [0.4, 0.5) is 5.69 Å². The van der Waals surface area contributed by atoms with Crippen LogP contribution in [0.2, 0.25) is 0 Å². The molecule has 0 saturated heterocycles. The minimum absolute atomic E-state index is 0.0813. The van der Waals surface area contributed by atoms with Gasteiger partial charge in [-0.05, 0) is 11.6 Å². The molecule has 1 heterocycles. The van der Waals surface area contributed by atoms with Gasteiger partial charge in [0.2, 0.25) is 0 Å². The van der Waals surface area contributed by atoms with Gasteiger partial charge in [0, 0.05) is 24.5 Å². The van der Waals surface area contributed by atoms with Crippen molar-refractivity contribution >= 4 is 11.7 Å². The third-order valence-electron chi connectivity index (χ3n) is 2.51. The number of aliphatic carboxylic acids is 1. The maximum Gasteiger partial charge on any atom is 0.323 e. The maximum atomic E-state index is 10.7. The van der Waals surface area contributed by atoms with Crippen molar-refractivity contribution in [2.75, 3.05) is 5.73 Å². The van der Waals surface area contributed by atoms with Crippen LogP contribution in [0.3, 0.4) is 0 Å². The van der Waals surface area contributed by atoms with E-state index in [9.17, 15) is 4.79 Å². The van der Waals surface area contributed by atoms with Gasteiger partial charge in [0.15, 0.2) is 0 Å². The summed E-state index contributed by atoms with van der Waals surface area (Å²) in [4.78, 5) is 14.8. The first kappa shape index (κ1) is 11.2. The Labute approximate surface area is 98.5 Å². The normalized spacial score (nSPS) is 10.4. The molecular formula is C12H13N3O2. The van der Waals surface area contributed by atoms with E-state index in [0.717, 1.165) is 5.56 Å². The summed E-state index contributed by atoms with van der Waals surface area (Å²) in [6.07, 6.45) is 3.78. The molecule has 0 bridgehead atoms. The molecule has 5 heteroatoms. The van der Waals surface area contributed by atoms with Crippen LogP contribution < -0.4 is 5.73 Å². The Morgan fingerprint density at radius 1 is 1.41 bits per heavy atom. The van der Waals surface area contributed by atoms with Crippen molar-refractivity contribution in [2.24, 2.45) is 0 Å². The van der Waals surface area contributed by atoms with Crippen molar-refractivity contribution < 1.29 is 9.90 Å². The first-order valence-corrected chi connectivity index (χ1v) is 5.22. The average Bonchev–Trinajstić information content (AvgIpc) is 2.68. The number of carboxylic acids is 1. The number of para-hydroxylation sites is 1. The van der Waals surface area contributed by atoms with Gasteiger partial charge in [0.05, 0.1) is 0 Å². The Morgan fingerprint density at radius 2 is 2.18 bits per heavy atom. The lowest BCUT2D eigenvalue weighted by molar-refractivity contribution is -0.137. The van der Waals surface area contributed by atoms with Crippen LogP contribution in [0.5, 0.6) is 0 Å². The summed E-state index contributed by atoms with van der Waals surface area (Å²) in [5.74, 6) is -0.185. The molecular weight excluding hydrogens is 218 g/mol. The average molecular weight is 231 g/mol. The predicted molar refractivity (Wildman–Crippen MR) is 63.5 cm³/mol. The number of nitrogens with zero attached hydrogens (tertiary/aromatic N) is 2. The first-order chi connectivity index (χ1) is 8.16. The monoisotopic (exact) mass is 231 g/mol. The van der Waals surface area contributed by atoms with Gasteiger partial charge in [0.25, 0.3) is 0 Å². The molecule has 17 heavy (non-hydrogen) atoms. The number of anilines is 1. The number of aromatic nitrogens is 2. The van der Waals surface area contributed by atoms with Gasteiger partial charge in [-0.25, -0.2) is 4.98 Å². The number of benzene rings is 1. The number of hydrogen-bond acceptors (Lipinski definition) is 3. The molecule has 0 spiro atoms. The molecule has 0 saturated carbocycles. The van der Waals surface area contributed by atoms with Crippen molar-refractivity contribution in [3.05, 3.63) is 48.0 Å². The zero-order chi connectivity index (χ0) is 12.3. The summed E-state index contributed by atoms with van der Waals surface area (Å²) in [5.41, 5.74) is 7.48. The lowest BCUT2D eigenvalue weighted by Crippen LogP contribution is -2.12. The van der Waals surface area contributed by atoms with E-state index in [2.05, 4.69) is 4.98 Å². The third kappa shape index (κ3) is 2.63. The third-order valence-corrected chi connectivity index (χ3v) is 2.51. The summed E-state index contributed by atoms with van der Waals surface area (Å²) < 4.78 is 1.61. The second-order valence-corrected chi connectivity index (χ2v) is 3.74. The van der Waals surface area contributed by atoms with E-state index >= 15 is 0 Å². The highest BCUT2D eigenvalue weighted by atomic mass is 16.4. The SMILES string of the molecule is Nc1ccccc1Cc1nccn1CC(=O)O. The largest absolute Gasteiger partial charge is 0.480 e. The summed E-state index contributed by atoms with van der Waals surface area (Å²) >= 11 is 0. The topological polar surface area (TPSA) is 81.1 Å². The van der Waals surface area contributed by atoms with Gasteiger partial charge in [-0.1, -0.05) is 18.2 Å². The smallest absolute Gasteiger partial charge is 0.323 e. The Morgan fingerprint density at radius 3 is 2.88 bits per heavy atom. The summed E-state index contributed by atoms with van der Waals surface area (Å²) in [5, 5.41) is 8.76. The maximum absolute atomic E-state index is 10.7. The van der Waals surface area contributed by atoms with Gasteiger partial charge in [-0.15, -0.1) is 0 Å². The van der Waals surface area contributed by atoms with E-state index in [4.69, 9.17) is 10.8 Å². The lowest BCUT2D eigenvalue weighted by atomic mass is 10.1. The summed E-state index contributed by atoms with van der Waals surface area (Å²) in [6, 6.07) is 7.49. The number of carboxylic acid groups (broad SMARTS) is 1. The molecule has 0 aliphatic heterocycles. The molecule has 2 aromatic rings. The van der Waals surface area contributed by atoms with E-state index in [1.54, 1.807) is 17.0 Å². The van der Waals surface area contributed by atoms with Crippen LogP contribution in [-0.2, 0) is 17.8 Å². The zero-order valence-electron chi connectivity index (χ0n) is 9.21. The quantitative estimate of drug-likeness (QED) is 0.773. The van der Waals surface area contributed by atoms with E-state index in [1.165, 1.54) is 0 Å². The highest BCUT2D eigenvalue weighted by molar-refractivity contribution is 5.66. The Hall–Kier alpha value is -2.30. The molecule has 0 radical (unpaired) electrons. The van der Waals surface area contributed by atoms with Crippen molar-refractivity contribution in [1.29, 1.82) is 0 Å². The molecule has 88 valence electrons. The molecule has 2 rings (SSSR count). The molecule has 5 nitrogen and oxygen atoms in total. The van der Waals surface area contributed by atoms with E-state index in [0.29, 0.717) is 17.9 Å². The Bertz CT molecular complexity index is 534. The highest BCUT2D eigenvalue weighted by Crippen LogP contribution is 2.14. The van der Waals surface area contributed by atoms with Crippen LogP contribution >= 0.6 is 0 Å². The van der Waals surface area contributed by atoms with Gasteiger partial charge >= 0.3 is 5.97 Å². The number of nitrogens with two attached hydrogens (primary N) is 1. The summed E-state index contributed by atoms with van der Waals surface area (Å²) in [7, 11) is 0. The minimum atomic E-state index is -0.884. The molecule has 1 aromatic carbocycles. The second-order valence-electron chi connectivity index (χ2n) is 3.74. The summed E-state index contributed by atoms with van der Waals surface area (Å²) in [6.45, 7) is -0.0813. The molecule has 0 aliphatic rings. The fourth-order valence-corrected chi connectivity index (χ4v) is 1.66. The molecule has 0 unspecified atom stereocenters. The number of carbonyl (C=O) groups is 1. The van der Waals surface area contributed by atoms with Crippen molar-refractivity contribution in [1.82, 2.24) is 9.55 Å². The van der Waals surface area contributed by atoms with Gasteiger partial charge in [-0.2, -0.15) is 0 Å². The fraction of sp³-hybridized carbons (Fsp3) is 0.167. The molecule has 0 atom stereocenters. The van der Waals surface area contributed by atoms with Crippen LogP contribution in [0, 0.1) is 0 Å². The lowest BCUT2D eigenvalue weighted by Gasteiger charge is -2.07. The van der Waals surface area contributed by atoms with E-state index in [-0.39, 0.29) is 6.54 Å². The number of imidazole rings is 1. The molecule has 3 N–H and O–H groups in total. The molecule has 0 fully saturated rings. The number of nitrogen functional groups attached to an aromatic ring is 1. The van der Waals surface area contributed by atoms with Crippen molar-refractivity contribution in [2.45, 2.75) is 13.0 Å². The predicted octanol–water partition coefficient (Wildman–Crippen LogP) is 1.14. The van der Waals surface area contributed by atoms with Crippen LogP contribution in [-0.4, -0.2) is 20.6 Å². The van der Waals surface area contributed by atoms with Gasteiger partial charge in [-0.3, -0.25) is 4.79 Å². The first-order valence-electron chi connectivity index (χ1n) is 5.22. The Kier molecular flexibility index (Phi) is 3.09. The van der Waals surface area contributed by atoms with Crippen LogP contribution in [0.15, 0.2) is 36.7 Å². The van der Waals surface area contributed by atoms with Gasteiger partial charge in [0.1, 0.15) is 12.4 Å². The van der Waals surface area contributed by atoms with Crippen LogP contribution in [0.25, 0.3) is 0 Å². The molecule has 0 amide bonds. The second kappa shape index (κ2) is 4.69. The number of rotatable bonds is 4. The van der Waals surface area contributed by atoms with E-state index < -0.39 is 5.97 Å². The highest BCUT2D eigenvalue weighted by Gasteiger charge is 2.08. The van der Waals surface area contributed by atoms with Crippen molar-refractivity contribution in [3.8, 4) is 0 Å².